The Labute approximate surface area is 196 Å². The molecule has 0 unspecified atom stereocenters. The van der Waals surface area contributed by atoms with Gasteiger partial charge in [-0.2, -0.15) is 0 Å². The second-order valence-corrected chi connectivity index (χ2v) is 9.24. The van der Waals surface area contributed by atoms with Gasteiger partial charge < -0.3 is 14.7 Å². The van der Waals surface area contributed by atoms with E-state index < -0.39 is 0 Å². The number of carbonyl (C=O) groups excluding carboxylic acids is 2. The highest BCUT2D eigenvalue weighted by molar-refractivity contribution is 6.42. The van der Waals surface area contributed by atoms with E-state index >= 15 is 0 Å². The topological polar surface area (TPSA) is 43.9 Å². The third kappa shape index (κ3) is 7.81. The van der Waals surface area contributed by atoms with Crippen LogP contribution >= 0.6 is 23.2 Å². The molecule has 0 aliphatic carbocycles. The number of hydrogen-bond acceptors (Lipinski definition) is 3. The van der Waals surface area contributed by atoms with E-state index in [1.807, 2.05) is 11.0 Å². The molecule has 2 aliphatic rings. The fourth-order valence-corrected chi connectivity index (χ4v) is 4.52. The quantitative estimate of drug-likeness (QED) is 0.411. The number of benzene rings is 1. The van der Waals surface area contributed by atoms with Crippen molar-refractivity contribution in [3.8, 4) is 0 Å². The Balaban J connectivity index is 1.39. The summed E-state index contributed by atoms with van der Waals surface area (Å²) in [7, 11) is 0. The molecule has 0 aromatic heterocycles. The zero-order valence-electron chi connectivity index (χ0n) is 18.2. The molecule has 0 N–H and O–H groups in total. The molecule has 2 heterocycles. The van der Waals surface area contributed by atoms with Crippen molar-refractivity contribution in [2.75, 3.05) is 45.8 Å². The SMILES string of the molecule is O=C(/C=C/c1ccc(Cl)c(Cl)c1)N1CCC(=O)N(CCCCCN2CCCCC2)CC1. The van der Waals surface area contributed by atoms with E-state index in [1.54, 1.807) is 29.2 Å². The molecule has 7 heteroatoms. The lowest BCUT2D eigenvalue weighted by Crippen LogP contribution is -2.35. The molecule has 1 aromatic rings. The van der Waals surface area contributed by atoms with Crippen LogP contribution in [0.3, 0.4) is 0 Å². The van der Waals surface area contributed by atoms with Gasteiger partial charge in [0, 0.05) is 38.7 Å². The number of amides is 2. The Bertz CT molecular complexity index is 778. The highest BCUT2D eigenvalue weighted by Crippen LogP contribution is 2.23. The maximum absolute atomic E-state index is 12.6. The molecule has 2 saturated heterocycles. The standard InChI is InChI=1S/C24H33Cl2N3O2/c25-21-9-7-20(19-22(21)26)8-10-23(30)29-16-11-24(31)28(17-18-29)15-6-2-5-14-27-12-3-1-4-13-27/h7-10,19H,1-6,11-18H2/b10-8+. The van der Waals surface area contributed by atoms with Gasteiger partial charge in [0.1, 0.15) is 0 Å². The lowest BCUT2D eigenvalue weighted by Gasteiger charge is -2.26. The molecule has 170 valence electrons. The zero-order chi connectivity index (χ0) is 22.1. The van der Waals surface area contributed by atoms with Crippen LogP contribution in [-0.4, -0.2) is 72.3 Å². The van der Waals surface area contributed by atoms with Gasteiger partial charge in [-0.15, -0.1) is 0 Å². The average Bonchev–Trinajstić information content (AvgIpc) is 2.96. The van der Waals surface area contributed by atoms with Crippen molar-refractivity contribution in [1.29, 1.82) is 0 Å². The summed E-state index contributed by atoms with van der Waals surface area (Å²) in [5.74, 6) is 0.0713. The van der Waals surface area contributed by atoms with E-state index in [2.05, 4.69) is 4.90 Å². The Morgan fingerprint density at radius 2 is 1.68 bits per heavy atom. The normalized spacial score (nSPS) is 18.6. The van der Waals surface area contributed by atoms with Gasteiger partial charge in [0.05, 0.1) is 10.0 Å². The van der Waals surface area contributed by atoms with Gasteiger partial charge in [-0.1, -0.05) is 42.1 Å². The molecule has 2 fully saturated rings. The van der Waals surface area contributed by atoms with Crippen LogP contribution in [0.15, 0.2) is 24.3 Å². The minimum Gasteiger partial charge on any atom is -0.341 e. The second kappa shape index (κ2) is 12.5. The van der Waals surface area contributed by atoms with Crippen molar-refractivity contribution >= 4 is 41.1 Å². The van der Waals surface area contributed by atoms with E-state index in [9.17, 15) is 9.59 Å². The van der Waals surface area contributed by atoms with Crippen LogP contribution in [0.4, 0.5) is 0 Å². The van der Waals surface area contributed by atoms with Gasteiger partial charge in [0.25, 0.3) is 0 Å². The summed E-state index contributed by atoms with van der Waals surface area (Å²) in [5, 5.41) is 0.950. The van der Waals surface area contributed by atoms with Crippen LogP contribution in [0, 0.1) is 0 Å². The molecule has 31 heavy (non-hydrogen) atoms. The van der Waals surface area contributed by atoms with Crippen molar-refractivity contribution in [3.05, 3.63) is 39.9 Å². The number of halogens is 2. The minimum absolute atomic E-state index is 0.0812. The lowest BCUT2D eigenvalue weighted by molar-refractivity contribution is -0.130. The van der Waals surface area contributed by atoms with E-state index in [0.717, 1.165) is 24.9 Å². The van der Waals surface area contributed by atoms with Crippen molar-refractivity contribution in [1.82, 2.24) is 14.7 Å². The average molecular weight is 466 g/mol. The highest BCUT2D eigenvalue weighted by atomic mass is 35.5. The summed E-state index contributed by atoms with van der Waals surface area (Å²) in [4.78, 5) is 31.3. The van der Waals surface area contributed by atoms with Gasteiger partial charge in [0.2, 0.25) is 11.8 Å². The highest BCUT2D eigenvalue weighted by Gasteiger charge is 2.22. The first-order chi connectivity index (χ1) is 15.0. The predicted molar refractivity (Wildman–Crippen MR) is 127 cm³/mol. The first kappa shape index (κ1) is 24.1. The molecular weight excluding hydrogens is 433 g/mol. The number of hydrogen-bond donors (Lipinski definition) is 0. The minimum atomic E-state index is -0.0812. The first-order valence-corrected chi connectivity index (χ1v) is 12.2. The van der Waals surface area contributed by atoms with Crippen LogP contribution in [-0.2, 0) is 9.59 Å². The van der Waals surface area contributed by atoms with Crippen LogP contribution < -0.4 is 0 Å². The molecule has 0 bridgehead atoms. The van der Waals surface area contributed by atoms with Crippen molar-refractivity contribution < 1.29 is 9.59 Å². The number of piperidine rings is 1. The molecular formula is C24H33Cl2N3O2. The summed E-state index contributed by atoms with van der Waals surface area (Å²) in [6, 6.07) is 5.26. The van der Waals surface area contributed by atoms with Crippen LogP contribution in [0.25, 0.3) is 6.08 Å². The third-order valence-corrected chi connectivity index (χ3v) is 6.85. The Morgan fingerprint density at radius 3 is 2.45 bits per heavy atom. The van der Waals surface area contributed by atoms with Gasteiger partial charge in [0.15, 0.2) is 0 Å². The van der Waals surface area contributed by atoms with E-state index in [4.69, 9.17) is 23.2 Å². The monoisotopic (exact) mass is 465 g/mol. The van der Waals surface area contributed by atoms with Gasteiger partial charge in [-0.3, -0.25) is 9.59 Å². The molecule has 0 atom stereocenters. The van der Waals surface area contributed by atoms with Crippen molar-refractivity contribution in [2.45, 2.75) is 44.9 Å². The van der Waals surface area contributed by atoms with Crippen molar-refractivity contribution in [3.63, 3.8) is 0 Å². The zero-order valence-corrected chi connectivity index (χ0v) is 19.7. The summed E-state index contributed by atoms with van der Waals surface area (Å²) >= 11 is 12.0. The number of likely N-dealkylation sites (tertiary alicyclic amines) is 1. The van der Waals surface area contributed by atoms with Gasteiger partial charge in [-0.05, 0) is 69.1 Å². The molecule has 1 aromatic carbocycles. The van der Waals surface area contributed by atoms with Gasteiger partial charge >= 0.3 is 0 Å². The number of unbranched alkanes of at least 4 members (excludes halogenated alkanes) is 2. The third-order valence-electron chi connectivity index (χ3n) is 6.11. The van der Waals surface area contributed by atoms with Gasteiger partial charge in [-0.25, -0.2) is 0 Å². The number of nitrogens with zero attached hydrogens (tertiary/aromatic N) is 3. The summed E-state index contributed by atoms with van der Waals surface area (Å²) < 4.78 is 0. The lowest BCUT2D eigenvalue weighted by atomic mass is 10.1. The number of rotatable bonds is 8. The van der Waals surface area contributed by atoms with Crippen molar-refractivity contribution in [2.24, 2.45) is 0 Å². The fourth-order valence-electron chi connectivity index (χ4n) is 4.21. The van der Waals surface area contributed by atoms with E-state index in [-0.39, 0.29) is 11.8 Å². The molecule has 0 spiro atoms. The molecule has 0 radical (unpaired) electrons. The van der Waals surface area contributed by atoms with E-state index in [0.29, 0.717) is 36.1 Å². The molecule has 5 nitrogen and oxygen atoms in total. The van der Waals surface area contributed by atoms with Crippen LogP contribution in [0.5, 0.6) is 0 Å². The summed E-state index contributed by atoms with van der Waals surface area (Å²) in [5.41, 5.74) is 0.819. The smallest absolute Gasteiger partial charge is 0.246 e. The Morgan fingerprint density at radius 1 is 0.903 bits per heavy atom. The van der Waals surface area contributed by atoms with Crippen LogP contribution in [0.1, 0.15) is 50.5 Å². The molecule has 0 saturated carbocycles. The molecule has 2 amide bonds. The molecule has 3 rings (SSSR count). The summed E-state index contributed by atoms with van der Waals surface area (Å²) in [6.45, 7) is 6.11. The summed E-state index contributed by atoms with van der Waals surface area (Å²) in [6.07, 6.45) is 11.1. The maximum atomic E-state index is 12.6. The fraction of sp³-hybridized carbons (Fsp3) is 0.583. The maximum Gasteiger partial charge on any atom is 0.246 e. The van der Waals surface area contributed by atoms with Crippen LogP contribution in [0.2, 0.25) is 10.0 Å². The Hall–Kier alpha value is -1.56. The number of carbonyl (C=O) groups is 2. The second-order valence-electron chi connectivity index (χ2n) is 8.43. The first-order valence-electron chi connectivity index (χ1n) is 11.4. The Kier molecular flexibility index (Phi) is 9.69. The predicted octanol–water partition coefficient (Wildman–Crippen LogP) is 4.72. The van der Waals surface area contributed by atoms with E-state index in [1.165, 1.54) is 45.3 Å². The largest absolute Gasteiger partial charge is 0.341 e. The molecule has 2 aliphatic heterocycles.